The Hall–Kier alpha value is -1.39. The molecule has 1 amide bonds. The first-order chi connectivity index (χ1) is 9.63. The smallest absolute Gasteiger partial charge is 0.231 e. The van der Waals surface area contributed by atoms with Crippen molar-refractivity contribution in [1.29, 1.82) is 0 Å². The van der Waals surface area contributed by atoms with Gasteiger partial charge < -0.3 is 11.1 Å². The number of anilines is 1. The standard InChI is InChI=1S/C16H25N3O/c1-3-19(4-2)11-13-6-5-7-14(10-13)18-15(20)16(12-17)8-9-16/h5-7,10H,3-4,8-9,11-12,17H2,1-2H3,(H,18,20). The fourth-order valence-electron chi connectivity index (χ4n) is 2.39. The molecule has 0 bridgehead atoms. The molecule has 4 nitrogen and oxygen atoms in total. The van der Waals surface area contributed by atoms with Gasteiger partial charge in [0.2, 0.25) is 5.91 Å². The lowest BCUT2D eigenvalue weighted by molar-refractivity contribution is -0.120. The molecule has 0 heterocycles. The number of rotatable bonds is 7. The Morgan fingerprint density at radius 3 is 2.60 bits per heavy atom. The van der Waals surface area contributed by atoms with E-state index in [0.717, 1.165) is 38.2 Å². The van der Waals surface area contributed by atoms with Crippen LogP contribution in [0.2, 0.25) is 0 Å². The summed E-state index contributed by atoms with van der Waals surface area (Å²) in [6.07, 6.45) is 1.82. The largest absolute Gasteiger partial charge is 0.329 e. The van der Waals surface area contributed by atoms with Crippen LogP contribution in [0.5, 0.6) is 0 Å². The summed E-state index contributed by atoms with van der Waals surface area (Å²) >= 11 is 0. The van der Waals surface area contributed by atoms with Crippen molar-refractivity contribution in [2.24, 2.45) is 11.1 Å². The van der Waals surface area contributed by atoms with Crippen molar-refractivity contribution in [1.82, 2.24) is 4.90 Å². The van der Waals surface area contributed by atoms with Crippen molar-refractivity contribution in [3.63, 3.8) is 0 Å². The molecule has 1 aromatic carbocycles. The van der Waals surface area contributed by atoms with Gasteiger partial charge in [0.1, 0.15) is 0 Å². The lowest BCUT2D eigenvalue weighted by Gasteiger charge is -2.19. The van der Waals surface area contributed by atoms with Gasteiger partial charge >= 0.3 is 0 Å². The van der Waals surface area contributed by atoms with Crippen LogP contribution in [0.1, 0.15) is 32.3 Å². The molecule has 0 saturated heterocycles. The quantitative estimate of drug-likeness (QED) is 0.802. The zero-order valence-electron chi connectivity index (χ0n) is 12.5. The SMILES string of the molecule is CCN(CC)Cc1cccc(NC(=O)C2(CN)CC2)c1. The van der Waals surface area contributed by atoms with E-state index in [1.165, 1.54) is 5.56 Å². The van der Waals surface area contributed by atoms with Gasteiger partial charge in [-0.2, -0.15) is 0 Å². The van der Waals surface area contributed by atoms with Crippen LogP contribution in [0, 0.1) is 5.41 Å². The van der Waals surface area contributed by atoms with Crippen molar-refractivity contribution >= 4 is 11.6 Å². The first kappa shape index (κ1) is 15.0. The number of nitrogens with one attached hydrogen (secondary N) is 1. The van der Waals surface area contributed by atoms with Gasteiger partial charge in [-0.3, -0.25) is 9.69 Å². The van der Waals surface area contributed by atoms with E-state index in [2.05, 4.69) is 36.2 Å². The molecule has 0 radical (unpaired) electrons. The highest BCUT2D eigenvalue weighted by Gasteiger charge is 2.48. The lowest BCUT2D eigenvalue weighted by atomic mass is 10.1. The van der Waals surface area contributed by atoms with Crippen LogP contribution < -0.4 is 11.1 Å². The number of nitrogens with zero attached hydrogens (tertiary/aromatic N) is 1. The highest BCUT2D eigenvalue weighted by Crippen LogP contribution is 2.45. The molecule has 1 fully saturated rings. The summed E-state index contributed by atoms with van der Waals surface area (Å²) in [6, 6.07) is 8.10. The topological polar surface area (TPSA) is 58.4 Å². The molecule has 0 aliphatic heterocycles. The van der Waals surface area contributed by atoms with Crippen molar-refractivity contribution < 1.29 is 4.79 Å². The maximum atomic E-state index is 12.2. The Morgan fingerprint density at radius 2 is 2.05 bits per heavy atom. The van der Waals surface area contributed by atoms with E-state index in [0.29, 0.717) is 6.54 Å². The number of hydrogen-bond acceptors (Lipinski definition) is 3. The van der Waals surface area contributed by atoms with Crippen LogP contribution in [0.15, 0.2) is 24.3 Å². The van der Waals surface area contributed by atoms with Gasteiger partial charge in [-0.1, -0.05) is 26.0 Å². The number of hydrogen-bond donors (Lipinski definition) is 2. The Morgan fingerprint density at radius 1 is 1.35 bits per heavy atom. The van der Waals surface area contributed by atoms with Crippen molar-refractivity contribution in [3.8, 4) is 0 Å². The Labute approximate surface area is 121 Å². The van der Waals surface area contributed by atoms with E-state index in [1.54, 1.807) is 0 Å². The Bertz CT molecular complexity index is 465. The van der Waals surface area contributed by atoms with E-state index >= 15 is 0 Å². The van der Waals surface area contributed by atoms with Crippen LogP contribution in [0.25, 0.3) is 0 Å². The van der Waals surface area contributed by atoms with Crippen molar-refractivity contribution in [2.75, 3.05) is 25.0 Å². The zero-order chi connectivity index (χ0) is 14.6. The molecule has 110 valence electrons. The molecule has 1 saturated carbocycles. The number of carbonyl (C=O) groups excluding carboxylic acids is 1. The molecule has 2 rings (SSSR count). The Kier molecular flexibility index (Phi) is 4.78. The van der Waals surface area contributed by atoms with Gasteiger partial charge in [0.25, 0.3) is 0 Å². The van der Waals surface area contributed by atoms with E-state index in [1.807, 2.05) is 12.1 Å². The van der Waals surface area contributed by atoms with Gasteiger partial charge in [-0.05, 0) is 43.6 Å². The van der Waals surface area contributed by atoms with E-state index in [4.69, 9.17) is 5.73 Å². The molecule has 1 aliphatic carbocycles. The normalized spacial score (nSPS) is 16.2. The number of amides is 1. The third-order valence-corrected chi connectivity index (χ3v) is 4.21. The fraction of sp³-hybridized carbons (Fsp3) is 0.562. The summed E-state index contributed by atoms with van der Waals surface area (Å²) in [5, 5.41) is 3.01. The number of nitrogens with two attached hydrogens (primary N) is 1. The molecule has 0 unspecified atom stereocenters. The number of benzene rings is 1. The first-order valence-corrected chi connectivity index (χ1v) is 7.46. The number of carbonyl (C=O) groups is 1. The zero-order valence-corrected chi connectivity index (χ0v) is 12.5. The summed E-state index contributed by atoms with van der Waals surface area (Å²) < 4.78 is 0. The maximum absolute atomic E-state index is 12.2. The van der Waals surface area contributed by atoms with Crippen LogP contribution in [0.4, 0.5) is 5.69 Å². The summed E-state index contributed by atoms with van der Waals surface area (Å²) in [6.45, 7) is 7.74. The van der Waals surface area contributed by atoms with E-state index < -0.39 is 0 Å². The van der Waals surface area contributed by atoms with Gasteiger partial charge in [-0.15, -0.1) is 0 Å². The molecule has 0 atom stereocenters. The van der Waals surface area contributed by atoms with Crippen LogP contribution in [-0.2, 0) is 11.3 Å². The molecule has 0 spiro atoms. The monoisotopic (exact) mass is 275 g/mol. The lowest BCUT2D eigenvalue weighted by Crippen LogP contribution is -2.30. The van der Waals surface area contributed by atoms with E-state index in [9.17, 15) is 4.79 Å². The molecular weight excluding hydrogens is 250 g/mol. The second-order valence-electron chi connectivity index (χ2n) is 5.60. The third kappa shape index (κ3) is 3.38. The molecule has 3 N–H and O–H groups in total. The molecular formula is C16H25N3O. The minimum absolute atomic E-state index is 0.0694. The summed E-state index contributed by atoms with van der Waals surface area (Å²) in [4.78, 5) is 14.5. The minimum atomic E-state index is -0.297. The predicted molar refractivity (Wildman–Crippen MR) is 82.4 cm³/mol. The molecule has 20 heavy (non-hydrogen) atoms. The second kappa shape index (κ2) is 6.37. The first-order valence-electron chi connectivity index (χ1n) is 7.46. The fourth-order valence-corrected chi connectivity index (χ4v) is 2.39. The van der Waals surface area contributed by atoms with Crippen molar-refractivity contribution in [3.05, 3.63) is 29.8 Å². The summed E-state index contributed by atoms with van der Waals surface area (Å²) in [5.41, 5.74) is 7.49. The van der Waals surface area contributed by atoms with Crippen LogP contribution in [-0.4, -0.2) is 30.4 Å². The van der Waals surface area contributed by atoms with Gasteiger partial charge in [0.05, 0.1) is 5.41 Å². The minimum Gasteiger partial charge on any atom is -0.329 e. The van der Waals surface area contributed by atoms with Gasteiger partial charge in [-0.25, -0.2) is 0 Å². The third-order valence-electron chi connectivity index (χ3n) is 4.21. The van der Waals surface area contributed by atoms with Crippen molar-refractivity contribution in [2.45, 2.75) is 33.2 Å². The summed E-state index contributed by atoms with van der Waals surface area (Å²) in [7, 11) is 0. The molecule has 4 heteroatoms. The molecule has 0 aromatic heterocycles. The average molecular weight is 275 g/mol. The second-order valence-corrected chi connectivity index (χ2v) is 5.60. The van der Waals surface area contributed by atoms with E-state index in [-0.39, 0.29) is 11.3 Å². The maximum Gasteiger partial charge on any atom is 0.231 e. The van der Waals surface area contributed by atoms with Crippen LogP contribution >= 0.6 is 0 Å². The highest BCUT2D eigenvalue weighted by atomic mass is 16.2. The summed E-state index contributed by atoms with van der Waals surface area (Å²) in [5.74, 6) is 0.0694. The average Bonchev–Trinajstić information content (AvgIpc) is 3.26. The van der Waals surface area contributed by atoms with Crippen LogP contribution in [0.3, 0.4) is 0 Å². The van der Waals surface area contributed by atoms with Gasteiger partial charge in [0, 0.05) is 18.8 Å². The highest BCUT2D eigenvalue weighted by molar-refractivity contribution is 5.97. The Balaban J connectivity index is 2.01. The molecule has 1 aliphatic rings. The molecule has 1 aromatic rings. The van der Waals surface area contributed by atoms with Gasteiger partial charge in [0.15, 0.2) is 0 Å². The predicted octanol–water partition coefficient (Wildman–Crippen LogP) is 2.21.